The van der Waals surface area contributed by atoms with Crippen molar-refractivity contribution in [2.24, 2.45) is 4.99 Å². The van der Waals surface area contributed by atoms with E-state index in [4.69, 9.17) is 0 Å². The van der Waals surface area contributed by atoms with Crippen molar-refractivity contribution in [3.63, 3.8) is 0 Å². The van der Waals surface area contributed by atoms with Crippen LogP contribution < -0.4 is 4.90 Å². The van der Waals surface area contributed by atoms with Gasteiger partial charge in [0.05, 0.1) is 16.8 Å². The van der Waals surface area contributed by atoms with Crippen LogP contribution in [0.25, 0.3) is 10.9 Å². The first-order valence-electron chi connectivity index (χ1n) is 9.10. The monoisotopic (exact) mass is 351 g/mol. The molecule has 1 fully saturated rings. The zero-order valence-corrected chi connectivity index (χ0v) is 14.6. The molecule has 26 heavy (non-hydrogen) atoms. The van der Waals surface area contributed by atoms with E-state index in [1.54, 1.807) is 12.3 Å². The molecule has 0 saturated carbocycles. The van der Waals surface area contributed by atoms with E-state index in [0.29, 0.717) is 11.1 Å². The largest absolute Gasteiger partial charge is 0.494 e. The lowest BCUT2D eigenvalue weighted by Gasteiger charge is -2.22. The number of halogens is 1. The van der Waals surface area contributed by atoms with Gasteiger partial charge in [0.15, 0.2) is 5.88 Å². The topological polar surface area (TPSA) is 51.6 Å². The normalized spacial score (nSPS) is 15.7. The molecule has 4 nitrogen and oxygen atoms in total. The highest BCUT2D eigenvalue weighted by atomic mass is 19.1. The maximum atomic E-state index is 13.3. The molecular formula is C21H22FN3O. The number of aromatic amines is 1. The van der Waals surface area contributed by atoms with E-state index >= 15 is 0 Å². The number of benzene rings is 2. The molecule has 1 saturated heterocycles. The Morgan fingerprint density at radius 3 is 2.46 bits per heavy atom. The summed E-state index contributed by atoms with van der Waals surface area (Å²) in [6.07, 6.45) is 6.75. The summed E-state index contributed by atoms with van der Waals surface area (Å²) in [5.74, 6) is -0.345. The zero-order valence-electron chi connectivity index (χ0n) is 14.6. The second-order valence-electron chi connectivity index (χ2n) is 6.75. The minimum absolute atomic E-state index is 0.00413. The average Bonchev–Trinajstić information content (AvgIpc) is 2.81. The van der Waals surface area contributed by atoms with Crippen molar-refractivity contribution in [2.45, 2.75) is 25.7 Å². The molecule has 0 spiro atoms. The number of rotatable bonds is 3. The SMILES string of the molecule is Oc1[nH]c2cc(F)ccc2c1C=Nc1ccc(N2CCCCCC2)cc1. The molecule has 0 bridgehead atoms. The Balaban J connectivity index is 1.55. The van der Waals surface area contributed by atoms with E-state index in [1.165, 1.54) is 43.5 Å². The van der Waals surface area contributed by atoms with Gasteiger partial charge < -0.3 is 15.0 Å². The van der Waals surface area contributed by atoms with Crippen molar-refractivity contribution >= 4 is 28.5 Å². The van der Waals surface area contributed by atoms with Crippen LogP contribution in [0.1, 0.15) is 31.2 Å². The third-order valence-corrected chi connectivity index (χ3v) is 4.94. The molecule has 134 valence electrons. The maximum Gasteiger partial charge on any atom is 0.198 e. The molecule has 0 aliphatic carbocycles. The van der Waals surface area contributed by atoms with Gasteiger partial charge in [0.25, 0.3) is 0 Å². The predicted molar refractivity (Wildman–Crippen MR) is 104 cm³/mol. The lowest BCUT2D eigenvalue weighted by Crippen LogP contribution is -2.23. The molecule has 2 heterocycles. The molecule has 0 unspecified atom stereocenters. The van der Waals surface area contributed by atoms with Gasteiger partial charge in [-0.25, -0.2) is 4.39 Å². The second kappa shape index (κ2) is 7.20. The number of fused-ring (bicyclic) bond motifs is 1. The molecule has 0 atom stereocenters. The minimum Gasteiger partial charge on any atom is -0.494 e. The molecule has 1 aliphatic rings. The standard InChI is InChI=1S/C21H22FN3O/c22-15-5-10-18-19(21(26)24-20(18)13-15)14-23-16-6-8-17(9-7-16)25-11-3-1-2-4-12-25/h5-10,13-14,24,26H,1-4,11-12H2. The summed E-state index contributed by atoms with van der Waals surface area (Å²) in [6, 6.07) is 12.6. The van der Waals surface area contributed by atoms with Crippen molar-refractivity contribution in [3.8, 4) is 5.88 Å². The van der Waals surface area contributed by atoms with Crippen LogP contribution in [-0.4, -0.2) is 29.4 Å². The highest BCUT2D eigenvalue weighted by molar-refractivity contribution is 6.02. The van der Waals surface area contributed by atoms with Crippen molar-refractivity contribution in [3.05, 3.63) is 53.8 Å². The molecule has 5 heteroatoms. The zero-order chi connectivity index (χ0) is 17.9. The summed E-state index contributed by atoms with van der Waals surface area (Å²) < 4.78 is 13.3. The van der Waals surface area contributed by atoms with Gasteiger partial charge in [-0.1, -0.05) is 12.8 Å². The first-order chi connectivity index (χ1) is 12.7. The smallest absolute Gasteiger partial charge is 0.198 e. The highest BCUT2D eigenvalue weighted by Crippen LogP contribution is 2.27. The molecular weight excluding hydrogens is 329 g/mol. The fourth-order valence-electron chi connectivity index (χ4n) is 3.53. The minimum atomic E-state index is -0.341. The summed E-state index contributed by atoms with van der Waals surface area (Å²) in [4.78, 5) is 9.68. The van der Waals surface area contributed by atoms with E-state index in [2.05, 4.69) is 27.0 Å². The number of nitrogens with zero attached hydrogens (tertiary/aromatic N) is 2. The molecule has 3 aromatic rings. The van der Waals surface area contributed by atoms with Crippen LogP contribution in [0.3, 0.4) is 0 Å². The van der Waals surface area contributed by atoms with Crippen molar-refractivity contribution in [1.29, 1.82) is 0 Å². The lowest BCUT2D eigenvalue weighted by atomic mass is 10.2. The van der Waals surface area contributed by atoms with Gasteiger partial charge in [0, 0.05) is 30.4 Å². The van der Waals surface area contributed by atoms with Crippen LogP contribution in [0.2, 0.25) is 0 Å². The van der Waals surface area contributed by atoms with E-state index in [1.807, 2.05) is 12.1 Å². The molecule has 1 aromatic heterocycles. The second-order valence-corrected chi connectivity index (χ2v) is 6.75. The summed E-state index contributed by atoms with van der Waals surface area (Å²) in [7, 11) is 0. The molecule has 4 rings (SSSR count). The van der Waals surface area contributed by atoms with Crippen LogP contribution in [-0.2, 0) is 0 Å². The van der Waals surface area contributed by atoms with Gasteiger partial charge in [-0.05, 0) is 55.3 Å². The Labute approximate surface area is 152 Å². The van der Waals surface area contributed by atoms with Gasteiger partial charge in [-0.15, -0.1) is 0 Å². The van der Waals surface area contributed by atoms with Gasteiger partial charge in [-0.3, -0.25) is 4.99 Å². The van der Waals surface area contributed by atoms with Crippen LogP contribution in [0, 0.1) is 5.82 Å². The van der Waals surface area contributed by atoms with Crippen LogP contribution in [0.4, 0.5) is 15.8 Å². The van der Waals surface area contributed by atoms with Gasteiger partial charge in [0.1, 0.15) is 5.82 Å². The van der Waals surface area contributed by atoms with Gasteiger partial charge in [-0.2, -0.15) is 0 Å². The summed E-state index contributed by atoms with van der Waals surface area (Å²) in [5, 5.41) is 10.8. The van der Waals surface area contributed by atoms with Crippen molar-refractivity contribution < 1.29 is 9.50 Å². The number of H-pyrrole nitrogens is 1. The number of anilines is 1. The maximum absolute atomic E-state index is 13.3. The molecule has 2 N–H and O–H groups in total. The van der Waals surface area contributed by atoms with E-state index in [0.717, 1.165) is 24.2 Å². The fraction of sp³-hybridized carbons (Fsp3) is 0.286. The number of hydrogen-bond acceptors (Lipinski definition) is 3. The van der Waals surface area contributed by atoms with Crippen LogP contribution >= 0.6 is 0 Å². The molecule has 1 aliphatic heterocycles. The molecule has 2 aromatic carbocycles. The number of aromatic nitrogens is 1. The van der Waals surface area contributed by atoms with Crippen LogP contribution in [0.5, 0.6) is 5.88 Å². The number of nitrogens with one attached hydrogen (secondary N) is 1. The fourth-order valence-corrected chi connectivity index (χ4v) is 3.53. The predicted octanol–water partition coefficient (Wildman–Crippen LogP) is 5.14. The summed E-state index contributed by atoms with van der Waals surface area (Å²) in [5.41, 5.74) is 3.17. The lowest BCUT2D eigenvalue weighted by molar-refractivity contribution is 0.457. The van der Waals surface area contributed by atoms with E-state index in [-0.39, 0.29) is 11.7 Å². The Kier molecular flexibility index (Phi) is 4.61. The first kappa shape index (κ1) is 16.6. The molecule has 0 amide bonds. The van der Waals surface area contributed by atoms with Crippen molar-refractivity contribution in [2.75, 3.05) is 18.0 Å². The average molecular weight is 351 g/mol. The Morgan fingerprint density at radius 1 is 1.00 bits per heavy atom. The summed E-state index contributed by atoms with van der Waals surface area (Å²) in [6.45, 7) is 2.23. The number of aliphatic imine (C=N–C) groups is 1. The number of aromatic hydroxyl groups is 1. The first-order valence-corrected chi connectivity index (χ1v) is 9.10. The molecule has 0 radical (unpaired) electrons. The number of hydrogen-bond donors (Lipinski definition) is 2. The van der Waals surface area contributed by atoms with Crippen molar-refractivity contribution in [1.82, 2.24) is 4.98 Å². The Bertz CT molecular complexity index is 922. The Morgan fingerprint density at radius 2 is 1.73 bits per heavy atom. The van der Waals surface area contributed by atoms with E-state index in [9.17, 15) is 9.50 Å². The third kappa shape index (κ3) is 3.43. The quantitative estimate of drug-likeness (QED) is 0.642. The van der Waals surface area contributed by atoms with Gasteiger partial charge in [0.2, 0.25) is 0 Å². The van der Waals surface area contributed by atoms with Crippen LogP contribution in [0.15, 0.2) is 47.5 Å². The highest BCUT2D eigenvalue weighted by Gasteiger charge is 2.11. The van der Waals surface area contributed by atoms with E-state index < -0.39 is 0 Å². The van der Waals surface area contributed by atoms with Gasteiger partial charge >= 0.3 is 0 Å². The Hall–Kier alpha value is -2.82. The third-order valence-electron chi connectivity index (χ3n) is 4.94. The summed E-state index contributed by atoms with van der Waals surface area (Å²) >= 11 is 0.